The number of nitrogen functional groups attached to an aromatic ring is 1. The van der Waals surface area contributed by atoms with Crippen LogP contribution in [0.2, 0.25) is 0 Å². The Morgan fingerprint density at radius 1 is 1.18 bits per heavy atom. The maximum absolute atomic E-state index is 5.82. The SMILES string of the molecule is Nc1ccc2c(c1)CN(c1cnccn1)CC2. The van der Waals surface area contributed by atoms with Gasteiger partial charge in [-0.1, -0.05) is 6.07 Å². The van der Waals surface area contributed by atoms with Crippen molar-refractivity contribution in [1.29, 1.82) is 0 Å². The Morgan fingerprint density at radius 2 is 2.12 bits per heavy atom. The molecule has 1 aromatic carbocycles. The van der Waals surface area contributed by atoms with Gasteiger partial charge in [0, 0.05) is 31.2 Å². The Kier molecular flexibility index (Phi) is 2.40. The summed E-state index contributed by atoms with van der Waals surface area (Å²) in [5, 5.41) is 0. The van der Waals surface area contributed by atoms with Crippen LogP contribution < -0.4 is 10.6 Å². The van der Waals surface area contributed by atoms with Crippen molar-refractivity contribution < 1.29 is 0 Å². The molecule has 0 fully saturated rings. The topological polar surface area (TPSA) is 55.0 Å². The van der Waals surface area contributed by atoms with E-state index in [1.54, 1.807) is 18.6 Å². The van der Waals surface area contributed by atoms with E-state index in [-0.39, 0.29) is 0 Å². The molecule has 0 aliphatic carbocycles. The third-order valence-corrected chi connectivity index (χ3v) is 3.12. The molecule has 2 N–H and O–H groups in total. The van der Waals surface area contributed by atoms with E-state index in [1.165, 1.54) is 11.1 Å². The molecule has 4 nitrogen and oxygen atoms in total. The number of hydrogen-bond donors (Lipinski definition) is 1. The summed E-state index contributed by atoms with van der Waals surface area (Å²) >= 11 is 0. The predicted octanol–water partition coefficient (Wildman–Crippen LogP) is 1.62. The molecule has 2 aromatic rings. The summed E-state index contributed by atoms with van der Waals surface area (Å²) < 4.78 is 0. The first kappa shape index (κ1) is 10.1. The standard InChI is InChI=1S/C13H14N4/c14-12-2-1-10-3-6-17(9-11(10)7-12)13-8-15-4-5-16-13/h1-2,4-5,7-8H,3,6,9,14H2. The molecule has 0 bridgehead atoms. The molecule has 3 rings (SSSR count). The van der Waals surface area contributed by atoms with E-state index in [2.05, 4.69) is 27.0 Å². The molecule has 1 aliphatic rings. The highest BCUT2D eigenvalue weighted by Crippen LogP contribution is 2.23. The summed E-state index contributed by atoms with van der Waals surface area (Å²) in [4.78, 5) is 10.7. The van der Waals surface area contributed by atoms with Gasteiger partial charge in [0.15, 0.2) is 0 Å². The molecule has 4 heteroatoms. The lowest BCUT2D eigenvalue weighted by Gasteiger charge is -2.29. The average Bonchev–Trinajstić information content (AvgIpc) is 2.39. The van der Waals surface area contributed by atoms with Crippen LogP contribution in [-0.2, 0) is 13.0 Å². The maximum Gasteiger partial charge on any atom is 0.147 e. The summed E-state index contributed by atoms with van der Waals surface area (Å²) in [6, 6.07) is 6.15. The molecular weight excluding hydrogens is 212 g/mol. The smallest absolute Gasteiger partial charge is 0.147 e. The Hall–Kier alpha value is -2.10. The first-order chi connectivity index (χ1) is 8.33. The largest absolute Gasteiger partial charge is 0.399 e. The van der Waals surface area contributed by atoms with Crippen molar-refractivity contribution in [2.24, 2.45) is 0 Å². The molecule has 0 saturated carbocycles. The number of rotatable bonds is 1. The molecule has 2 heterocycles. The Labute approximate surface area is 100 Å². The fraction of sp³-hybridized carbons (Fsp3) is 0.231. The summed E-state index contributed by atoms with van der Waals surface area (Å²) in [5.41, 5.74) is 9.33. The second kappa shape index (κ2) is 4.05. The van der Waals surface area contributed by atoms with Crippen LogP contribution >= 0.6 is 0 Å². The van der Waals surface area contributed by atoms with Crippen molar-refractivity contribution in [2.75, 3.05) is 17.2 Å². The van der Waals surface area contributed by atoms with Crippen molar-refractivity contribution in [2.45, 2.75) is 13.0 Å². The fourth-order valence-corrected chi connectivity index (χ4v) is 2.23. The number of anilines is 2. The normalized spacial score (nSPS) is 14.5. The van der Waals surface area contributed by atoms with E-state index < -0.39 is 0 Å². The van der Waals surface area contributed by atoms with Gasteiger partial charge in [0.05, 0.1) is 6.20 Å². The molecular formula is C13H14N4. The maximum atomic E-state index is 5.82. The summed E-state index contributed by atoms with van der Waals surface area (Å²) in [6.45, 7) is 1.84. The van der Waals surface area contributed by atoms with Crippen molar-refractivity contribution in [3.8, 4) is 0 Å². The lowest BCUT2D eigenvalue weighted by atomic mass is 9.99. The van der Waals surface area contributed by atoms with E-state index >= 15 is 0 Å². The van der Waals surface area contributed by atoms with Gasteiger partial charge in [0.25, 0.3) is 0 Å². The molecule has 0 radical (unpaired) electrons. The predicted molar refractivity (Wildman–Crippen MR) is 67.6 cm³/mol. The Morgan fingerprint density at radius 3 is 2.94 bits per heavy atom. The van der Waals surface area contributed by atoms with Gasteiger partial charge in [-0.2, -0.15) is 0 Å². The van der Waals surface area contributed by atoms with Gasteiger partial charge in [0.2, 0.25) is 0 Å². The highest BCUT2D eigenvalue weighted by molar-refractivity contribution is 5.49. The average molecular weight is 226 g/mol. The van der Waals surface area contributed by atoms with Crippen LogP contribution in [0.4, 0.5) is 11.5 Å². The van der Waals surface area contributed by atoms with Gasteiger partial charge in [-0.05, 0) is 29.7 Å². The Bertz CT molecular complexity index is 524. The molecule has 17 heavy (non-hydrogen) atoms. The molecule has 0 amide bonds. The Balaban J connectivity index is 1.90. The first-order valence-corrected chi connectivity index (χ1v) is 5.71. The second-order valence-electron chi connectivity index (χ2n) is 4.26. The number of aromatic nitrogens is 2. The van der Waals surface area contributed by atoms with Crippen LogP contribution in [0.15, 0.2) is 36.8 Å². The zero-order valence-electron chi connectivity index (χ0n) is 9.50. The minimum atomic E-state index is 0.824. The van der Waals surface area contributed by atoms with Gasteiger partial charge in [-0.15, -0.1) is 0 Å². The van der Waals surface area contributed by atoms with Crippen LogP contribution in [-0.4, -0.2) is 16.5 Å². The number of benzene rings is 1. The van der Waals surface area contributed by atoms with E-state index in [0.717, 1.165) is 31.0 Å². The van der Waals surface area contributed by atoms with Gasteiger partial charge >= 0.3 is 0 Å². The van der Waals surface area contributed by atoms with Crippen molar-refractivity contribution in [3.63, 3.8) is 0 Å². The minimum absolute atomic E-state index is 0.824. The van der Waals surface area contributed by atoms with Crippen LogP contribution in [0.5, 0.6) is 0 Å². The third-order valence-electron chi connectivity index (χ3n) is 3.12. The quantitative estimate of drug-likeness (QED) is 0.751. The lowest BCUT2D eigenvalue weighted by Crippen LogP contribution is -2.31. The van der Waals surface area contributed by atoms with Crippen LogP contribution in [0.3, 0.4) is 0 Å². The minimum Gasteiger partial charge on any atom is -0.399 e. The molecule has 0 unspecified atom stereocenters. The van der Waals surface area contributed by atoms with E-state index in [0.29, 0.717) is 0 Å². The zero-order valence-corrected chi connectivity index (χ0v) is 9.50. The summed E-state index contributed by atoms with van der Waals surface area (Å²) in [7, 11) is 0. The van der Waals surface area contributed by atoms with Gasteiger partial charge in [-0.3, -0.25) is 4.98 Å². The summed E-state index contributed by atoms with van der Waals surface area (Å²) in [5.74, 6) is 0.931. The molecule has 0 saturated heterocycles. The van der Waals surface area contributed by atoms with E-state index in [4.69, 9.17) is 5.73 Å². The first-order valence-electron chi connectivity index (χ1n) is 5.71. The molecule has 0 spiro atoms. The molecule has 1 aromatic heterocycles. The highest BCUT2D eigenvalue weighted by atomic mass is 15.2. The number of nitrogens with two attached hydrogens (primary N) is 1. The fourth-order valence-electron chi connectivity index (χ4n) is 2.23. The molecule has 0 atom stereocenters. The monoisotopic (exact) mass is 226 g/mol. The van der Waals surface area contributed by atoms with Crippen molar-refractivity contribution >= 4 is 11.5 Å². The highest BCUT2D eigenvalue weighted by Gasteiger charge is 2.17. The van der Waals surface area contributed by atoms with Crippen molar-refractivity contribution in [1.82, 2.24) is 9.97 Å². The van der Waals surface area contributed by atoms with Crippen LogP contribution in [0, 0.1) is 0 Å². The third kappa shape index (κ3) is 1.93. The van der Waals surface area contributed by atoms with Crippen LogP contribution in [0.25, 0.3) is 0 Å². The molecule has 1 aliphatic heterocycles. The lowest BCUT2D eigenvalue weighted by molar-refractivity contribution is 0.719. The van der Waals surface area contributed by atoms with Crippen LogP contribution in [0.1, 0.15) is 11.1 Å². The van der Waals surface area contributed by atoms with Gasteiger partial charge in [-0.25, -0.2) is 4.98 Å². The number of nitrogens with zero attached hydrogens (tertiary/aromatic N) is 3. The van der Waals surface area contributed by atoms with E-state index in [9.17, 15) is 0 Å². The zero-order chi connectivity index (χ0) is 11.7. The molecule has 86 valence electrons. The van der Waals surface area contributed by atoms with Crippen molar-refractivity contribution in [3.05, 3.63) is 47.9 Å². The number of hydrogen-bond acceptors (Lipinski definition) is 4. The summed E-state index contributed by atoms with van der Waals surface area (Å²) in [6.07, 6.45) is 6.26. The van der Waals surface area contributed by atoms with E-state index in [1.807, 2.05) is 6.07 Å². The number of fused-ring (bicyclic) bond motifs is 1. The van der Waals surface area contributed by atoms with Gasteiger partial charge < -0.3 is 10.6 Å². The van der Waals surface area contributed by atoms with Gasteiger partial charge in [0.1, 0.15) is 5.82 Å². The second-order valence-corrected chi connectivity index (χ2v) is 4.26.